The van der Waals surface area contributed by atoms with Crippen molar-refractivity contribution in [2.45, 2.75) is 56.5 Å². The molecule has 0 spiro atoms. The number of amides is 1. The molecule has 3 rings (SSSR count). The number of ether oxygens (including phenoxy) is 1. The highest BCUT2D eigenvalue weighted by Crippen LogP contribution is 2.24. The maximum absolute atomic E-state index is 12.4. The summed E-state index contributed by atoms with van der Waals surface area (Å²) in [5.41, 5.74) is 1.26. The summed E-state index contributed by atoms with van der Waals surface area (Å²) in [6.45, 7) is 8.09. The van der Waals surface area contributed by atoms with Crippen LogP contribution in [0.1, 0.15) is 50.9 Å². The molecule has 0 aliphatic carbocycles. The highest BCUT2D eigenvalue weighted by Gasteiger charge is 2.26. The molecule has 1 aromatic heterocycles. The molecule has 1 aliphatic heterocycles. The van der Waals surface area contributed by atoms with Crippen molar-refractivity contribution in [3.63, 3.8) is 0 Å². The highest BCUT2D eigenvalue weighted by atomic mass is 32.2. The number of likely N-dealkylation sites (tertiary alicyclic amines) is 1. The van der Waals surface area contributed by atoms with Crippen LogP contribution in [0.5, 0.6) is 5.75 Å². The lowest BCUT2D eigenvalue weighted by atomic mass is 10.0. The van der Waals surface area contributed by atoms with Crippen molar-refractivity contribution in [1.82, 2.24) is 19.8 Å². The summed E-state index contributed by atoms with van der Waals surface area (Å²) in [5, 5.41) is 8.49. The average molecular weight is 390 g/mol. The van der Waals surface area contributed by atoms with Crippen molar-refractivity contribution in [3.8, 4) is 5.75 Å². The van der Waals surface area contributed by atoms with Crippen LogP contribution in [0.25, 0.3) is 0 Å². The van der Waals surface area contributed by atoms with Crippen molar-refractivity contribution in [2.24, 2.45) is 0 Å². The van der Waals surface area contributed by atoms with Gasteiger partial charge in [-0.25, -0.2) is 4.68 Å². The van der Waals surface area contributed by atoms with Gasteiger partial charge in [0.15, 0.2) is 5.82 Å². The van der Waals surface area contributed by atoms with E-state index in [1.807, 2.05) is 24.0 Å². The number of nitrogens with zero attached hydrogens (tertiary/aromatic N) is 4. The van der Waals surface area contributed by atoms with Gasteiger partial charge in [-0.05, 0) is 43.4 Å². The molecule has 0 radical (unpaired) electrons. The Balaban J connectivity index is 1.57. The van der Waals surface area contributed by atoms with Gasteiger partial charge >= 0.3 is 0 Å². The molecule has 0 saturated carbocycles. The summed E-state index contributed by atoms with van der Waals surface area (Å²) < 4.78 is 7.17. The molecule has 2 aromatic rings. The second-order valence-electron chi connectivity index (χ2n) is 7.07. The molecule has 1 saturated heterocycles. The van der Waals surface area contributed by atoms with E-state index < -0.39 is 0 Å². The average Bonchev–Trinajstić information content (AvgIpc) is 3.31. The smallest absolute Gasteiger partial charge is 0.235 e. The van der Waals surface area contributed by atoms with Gasteiger partial charge < -0.3 is 15.5 Å². The van der Waals surface area contributed by atoms with Crippen LogP contribution in [0.4, 0.5) is 0 Å². The van der Waals surface area contributed by atoms with Crippen molar-refractivity contribution >= 4 is 17.7 Å². The number of hydrogen-bond acceptors (Lipinski definition) is 6. The van der Waals surface area contributed by atoms with Gasteiger partial charge in [0, 0.05) is 13.1 Å². The molecule has 1 aliphatic rings. The van der Waals surface area contributed by atoms with Gasteiger partial charge in [0.25, 0.3) is 0 Å². The Morgan fingerprint density at radius 1 is 1.19 bits per heavy atom. The first kappa shape index (κ1) is 19.5. The Morgan fingerprint density at radius 3 is 2.48 bits per heavy atom. The standard InChI is InChI=1S/C19H27N5O2S/c1-13(2)15-6-8-16(9-7-15)26-12-17-21-22-19(24(17)20)27-14(3)18(25)23-10-4-5-11-23/h6-9,13-14H,4-5,10-12,20H2,1-3H3. The third kappa shape index (κ3) is 4.74. The molecule has 1 unspecified atom stereocenters. The Kier molecular flexibility index (Phi) is 6.26. The zero-order valence-electron chi connectivity index (χ0n) is 16.1. The predicted octanol–water partition coefficient (Wildman–Crippen LogP) is 2.80. The maximum atomic E-state index is 12.4. The molecule has 1 aromatic carbocycles. The van der Waals surface area contributed by atoms with Crippen LogP contribution in [-0.4, -0.2) is 44.0 Å². The van der Waals surface area contributed by atoms with E-state index in [9.17, 15) is 4.79 Å². The monoisotopic (exact) mass is 389 g/mol. The zero-order chi connectivity index (χ0) is 19.4. The number of nitrogens with two attached hydrogens (primary N) is 1. The molecule has 1 fully saturated rings. The number of thioether (sulfide) groups is 1. The Morgan fingerprint density at radius 2 is 1.85 bits per heavy atom. The Hall–Kier alpha value is -2.22. The number of benzene rings is 1. The summed E-state index contributed by atoms with van der Waals surface area (Å²) in [6, 6.07) is 8.00. The second kappa shape index (κ2) is 8.65. The number of nitrogen functional groups attached to an aromatic ring is 1. The second-order valence-corrected chi connectivity index (χ2v) is 8.38. The van der Waals surface area contributed by atoms with E-state index >= 15 is 0 Å². The predicted molar refractivity (Wildman–Crippen MR) is 106 cm³/mol. The van der Waals surface area contributed by atoms with E-state index in [2.05, 4.69) is 36.2 Å². The van der Waals surface area contributed by atoms with Crippen LogP contribution < -0.4 is 10.6 Å². The molecule has 2 heterocycles. The summed E-state index contributed by atoms with van der Waals surface area (Å²) in [6.07, 6.45) is 2.16. The summed E-state index contributed by atoms with van der Waals surface area (Å²) in [5.74, 6) is 7.99. The van der Waals surface area contributed by atoms with Crippen molar-refractivity contribution in [2.75, 3.05) is 18.9 Å². The van der Waals surface area contributed by atoms with Crippen LogP contribution in [0.15, 0.2) is 29.4 Å². The third-order valence-corrected chi connectivity index (χ3v) is 5.74. The lowest BCUT2D eigenvalue weighted by Gasteiger charge is -2.19. The molecule has 7 nitrogen and oxygen atoms in total. The molecule has 1 amide bonds. The van der Waals surface area contributed by atoms with Crippen molar-refractivity contribution in [3.05, 3.63) is 35.7 Å². The lowest BCUT2D eigenvalue weighted by Crippen LogP contribution is -2.34. The Bertz CT molecular complexity index is 769. The van der Waals surface area contributed by atoms with Crippen LogP contribution in [0.2, 0.25) is 0 Å². The third-order valence-electron chi connectivity index (χ3n) is 4.70. The summed E-state index contributed by atoms with van der Waals surface area (Å²) in [4.78, 5) is 14.3. The minimum atomic E-state index is -0.244. The number of aromatic nitrogens is 3. The number of carbonyl (C=O) groups excluding carboxylic acids is 1. The lowest BCUT2D eigenvalue weighted by molar-refractivity contribution is -0.129. The van der Waals surface area contributed by atoms with Gasteiger partial charge in [-0.3, -0.25) is 4.79 Å². The van der Waals surface area contributed by atoms with Gasteiger partial charge in [0.1, 0.15) is 12.4 Å². The fraction of sp³-hybridized carbons (Fsp3) is 0.526. The molecular formula is C19H27N5O2S. The van der Waals surface area contributed by atoms with E-state index in [-0.39, 0.29) is 17.8 Å². The van der Waals surface area contributed by atoms with E-state index in [0.717, 1.165) is 31.7 Å². The number of rotatable bonds is 7. The molecule has 0 bridgehead atoms. The normalized spacial score (nSPS) is 15.3. The Labute approximate surface area is 164 Å². The number of carbonyl (C=O) groups is 1. The minimum Gasteiger partial charge on any atom is -0.486 e. The summed E-state index contributed by atoms with van der Waals surface area (Å²) in [7, 11) is 0. The first-order valence-electron chi connectivity index (χ1n) is 9.33. The minimum absolute atomic E-state index is 0.128. The van der Waals surface area contributed by atoms with Crippen LogP contribution >= 0.6 is 11.8 Å². The molecular weight excluding hydrogens is 362 g/mol. The van der Waals surface area contributed by atoms with Gasteiger partial charge in [-0.15, -0.1) is 10.2 Å². The van der Waals surface area contributed by atoms with Gasteiger partial charge in [0.2, 0.25) is 11.1 Å². The molecule has 146 valence electrons. The summed E-state index contributed by atoms with van der Waals surface area (Å²) >= 11 is 1.33. The highest BCUT2D eigenvalue weighted by molar-refractivity contribution is 8.00. The van der Waals surface area contributed by atoms with Crippen LogP contribution in [-0.2, 0) is 11.4 Å². The molecule has 2 N–H and O–H groups in total. The quantitative estimate of drug-likeness (QED) is 0.579. The first-order valence-corrected chi connectivity index (χ1v) is 10.2. The van der Waals surface area contributed by atoms with Gasteiger partial charge in [0.05, 0.1) is 5.25 Å². The largest absolute Gasteiger partial charge is 0.486 e. The molecule has 27 heavy (non-hydrogen) atoms. The SMILES string of the molecule is CC(Sc1nnc(COc2ccc(C(C)C)cc2)n1N)C(=O)N1CCCC1. The first-order chi connectivity index (χ1) is 13.0. The van der Waals surface area contributed by atoms with Crippen LogP contribution in [0, 0.1) is 0 Å². The van der Waals surface area contributed by atoms with E-state index in [1.54, 1.807) is 0 Å². The van der Waals surface area contributed by atoms with Crippen molar-refractivity contribution < 1.29 is 9.53 Å². The van der Waals surface area contributed by atoms with Crippen LogP contribution in [0.3, 0.4) is 0 Å². The zero-order valence-corrected chi connectivity index (χ0v) is 16.9. The fourth-order valence-corrected chi connectivity index (χ4v) is 3.86. The van der Waals surface area contributed by atoms with E-state index in [4.69, 9.17) is 10.6 Å². The number of hydrogen-bond donors (Lipinski definition) is 1. The van der Waals surface area contributed by atoms with E-state index in [0.29, 0.717) is 16.9 Å². The van der Waals surface area contributed by atoms with Crippen molar-refractivity contribution in [1.29, 1.82) is 0 Å². The molecule has 1 atom stereocenters. The van der Waals surface area contributed by atoms with Gasteiger partial charge in [-0.1, -0.05) is 37.7 Å². The molecule has 8 heteroatoms. The topological polar surface area (TPSA) is 86.3 Å². The fourth-order valence-electron chi connectivity index (χ4n) is 2.99. The maximum Gasteiger partial charge on any atom is 0.235 e. The van der Waals surface area contributed by atoms with E-state index in [1.165, 1.54) is 22.0 Å². The van der Waals surface area contributed by atoms with Gasteiger partial charge in [-0.2, -0.15) is 0 Å².